The first-order chi connectivity index (χ1) is 8.25. The number of anilines is 1. The number of aromatic carboxylic acids is 1. The molecule has 2 heterocycles. The van der Waals surface area contributed by atoms with Crippen LogP contribution in [0, 0.1) is 0 Å². The second-order valence-electron chi connectivity index (χ2n) is 3.16. The third kappa shape index (κ3) is 2.97. The molecular formula is C9H10N6O2. The quantitative estimate of drug-likeness (QED) is 0.742. The summed E-state index contributed by atoms with van der Waals surface area (Å²) in [5, 5.41) is 15.6. The second-order valence-corrected chi connectivity index (χ2v) is 3.16. The molecule has 8 heteroatoms. The molecule has 0 spiro atoms. The Bertz CT molecular complexity index is 498. The summed E-state index contributed by atoms with van der Waals surface area (Å²) in [5.74, 6) is -0.904. The lowest BCUT2D eigenvalue weighted by molar-refractivity contribution is 0.0683. The van der Waals surface area contributed by atoms with Crippen molar-refractivity contribution in [1.82, 2.24) is 24.7 Å². The van der Waals surface area contributed by atoms with Crippen LogP contribution in [0.25, 0.3) is 0 Å². The van der Waals surface area contributed by atoms with E-state index in [0.717, 1.165) is 0 Å². The fourth-order valence-electron chi connectivity index (χ4n) is 1.21. The summed E-state index contributed by atoms with van der Waals surface area (Å²) in [6.45, 7) is 1.19. The van der Waals surface area contributed by atoms with Gasteiger partial charge < -0.3 is 10.4 Å². The lowest BCUT2D eigenvalue weighted by Gasteiger charge is -2.05. The van der Waals surface area contributed by atoms with Crippen LogP contribution in [0.2, 0.25) is 0 Å². The summed E-state index contributed by atoms with van der Waals surface area (Å²) in [6, 6.07) is 1.60. The smallest absolute Gasteiger partial charge is 0.374 e. The van der Waals surface area contributed by atoms with E-state index in [1.807, 2.05) is 0 Å². The summed E-state index contributed by atoms with van der Waals surface area (Å²) in [4.78, 5) is 21.9. The molecule has 2 aromatic rings. The SMILES string of the molecule is O=C(O)c1nccc(NCCn2cncn2)n1. The van der Waals surface area contributed by atoms with Gasteiger partial charge in [0, 0.05) is 12.7 Å². The Hall–Kier alpha value is -2.51. The Morgan fingerprint density at radius 3 is 3.12 bits per heavy atom. The molecular weight excluding hydrogens is 224 g/mol. The van der Waals surface area contributed by atoms with Crippen molar-refractivity contribution < 1.29 is 9.90 Å². The average molecular weight is 234 g/mol. The Morgan fingerprint density at radius 1 is 1.53 bits per heavy atom. The van der Waals surface area contributed by atoms with E-state index in [-0.39, 0.29) is 5.82 Å². The normalized spacial score (nSPS) is 10.1. The van der Waals surface area contributed by atoms with Crippen LogP contribution in [0.1, 0.15) is 10.6 Å². The molecule has 0 aliphatic heterocycles. The zero-order chi connectivity index (χ0) is 12.1. The average Bonchev–Trinajstić information content (AvgIpc) is 2.82. The maximum atomic E-state index is 10.6. The van der Waals surface area contributed by atoms with E-state index >= 15 is 0 Å². The third-order valence-corrected chi connectivity index (χ3v) is 1.96. The molecule has 0 atom stereocenters. The Labute approximate surface area is 96.4 Å². The predicted molar refractivity (Wildman–Crippen MR) is 57.5 cm³/mol. The van der Waals surface area contributed by atoms with Crippen molar-refractivity contribution in [3.63, 3.8) is 0 Å². The van der Waals surface area contributed by atoms with E-state index in [0.29, 0.717) is 18.9 Å². The van der Waals surface area contributed by atoms with Gasteiger partial charge in [0.25, 0.3) is 0 Å². The van der Waals surface area contributed by atoms with Crippen molar-refractivity contribution in [1.29, 1.82) is 0 Å². The maximum absolute atomic E-state index is 10.6. The molecule has 0 unspecified atom stereocenters. The molecule has 0 aliphatic rings. The van der Waals surface area contributed by atoms with E-state index in [2.05, 4.69) is 25.4 Å². The zero-order valence-electron chi connectivity index (χ0n) is 8.82. The Kier molecular flexibility index (Phi) is 3.24. The molecule has 0 bridgehead atoms. The van der Waals surface area contributed by atoms with Crippen molar-refractivity contribution in [2.45, 2.75) is 6.54 Å². The highest BCUT2D eigenvalue weighted by Gasteiger charge is 2.06. The predicted octanol–water partition coefficient (Wildman–Crippen LogP) is -0.122. The molecule has 0 aromatic carbocycles. The van der Waals surface area contributed by atoms with Crippen LogP contribution in [-0.2, 0) is 6.54 Å². The van der Waals surface area contributed by atoms with E-state index < -0.39 is 5.97 Å². The molecule has 17 heavy (non-hydrogen) atoms. The molecule has 0 saturated carbocycles. The molecule has 0 aliphatic carbocycles. The van der Waals surface area contributed by atoms with Gasteiger partial charge in [-0.05, 0) is 6.07 Å². The molecule has 2 rings (SSSR count). The second kappa shape index (κ2) is 5.01. The van der Waals surface area contributed by atoms with Gasteiger partial charge in [0.1, 0.15) is 18.5 Å². The topological polar surface area (TPSA) is 106 Å². The summed E-state index contributed by atoms with van der Waals surface area (Å²) < 4.78 is 1.66. The first-order valence-corrected chi connectivity index (χ1v) is 4.88. The van der Waals surface area contributed by atoms with Crippen LogP contribution < -0.4 is 5.32 Å². The van der Waals surface area contributed by atoms with E-state index in [9.17, 15) is 4.79 Å². The van der Waals surface area contributed by atoms with Crippen LogP contribution in [0.4, 0.5) is 5.82 Å². The van der Waals surface area contributed by atoms with Crippen molar-refractivity contribution in [2.24, 2.45) is 0 Å². The first kappa shape index (κ1) is 11.0. The number of carboxylic acids is 1. The highest BCUT2D eigenvalue weighted by atomic mass is 16.4. The third-order valence-electron chi connectivity index (χ3n) is 1.96. The molecule has 88 valence electrons. The minimum Gasteiger partial charge on any atom is -0.475 e. The van der Waals surface area contributed by atoms with Gasteiger partial charge in [0.15, 0.2) is 0 Å². The number of rotatable bonds is 5. The van der Waals surface area contributed by atoms with E-state index in [1.165, 1.54) is 12.5 Å². The van der Waals surface area contributed by atoms with Gasteiger partial charge in [-0.25, -0.2) is 19.7 Å². The first-order valence-electron chi connectivity index (χ1n) is 4.88. The van der Waals surface area contributed by atoms with Gasteiger partial charge in [0.2, 0.25) is 5.82 Å². The largest absolute Gasteiger partial charge is 0.475 e. The highest BCUT2D eigenvalue weighted by molar-refractivity contribution is 5.83. The molecule has 8 nitrogen and oxygen atoms in total. The fourth-order valence-corrected chi connectivity index (χ4v) is 1.21. The molecule has 2 N–H and O–H groups in total. The minimum atomic E-state index is -1.15. The number of nitrogens with zero attached hydrogens (tertiary/aromatic N) is 5. The van der Waals surface area contributed by atoms with Gasteiger partial charge in [-0.3, -0.25) is 4.68 Å². The summed E-state index contributed by atoms with van der Waals surface area (Å²) in [7, 11) is 0. The van der Waals surface area contributed by atoms with Crippen LogP contribution in [0.5, 0.6) is 0 Å². The maximum Gasteiger partial charge on any atom is 0.374 e. The van der Waals surface area contributed by atoms with Gasteiger partial charge in [-0.2, -0.15) is 5.10 Å². The lowest BCUT2D eigenvalue weighted by Crippen LogP contribution is -2.13. The van der Waals surface area contributed by atoms with Crippen molar-refractivity contribution in [3.8, 4) is 0 Å². The molecule has 2 aromatic heterocycles. The Balaban J connectivity index is 1.90. The molecule has 0 fully saturated rings. The minimum absolute atomic E-state index is 0.226. The number of aromatic nitrogens is 5. The number of hydrogen-bond acceptors (Lipinski definition) is 6. The van der Waals surface area contributed by atoms with Crippen LogP contribution in [0.3, 0.4) is 0 Å². The molecule has 0 amide bonds. The van der Waals surface area contributed by atoms with Gasteiger partial charge >= 0.3 is 5.97 Å². The Morgan fingerprint density at radius 2 is 2.41 bits per heavy atom. The van der Waals surface area contributed by atoms with Crippen molar-refractivity contribution in [2.75, 3.05) is 11.9 Å². The summed E-state index contributed by atoms with van der Waals surface area (Å²) >= 11 is 0. The number of nitrogens with one attached hydrogen (secondary N) is 1. The van der Waals surface area contributed by atoms with Crippen LogP contribution >= 0.6 is 0 Å². The van der Waals surface area contributed by atoms with Crippen molar-refractivity contribution >= 4 is 11.8 Å². The van der Waals surface area contributed by atoms with E-state index in [1.54, 1.807) is 17.1 Å². The van der Waals surface area contributed by atoms with Crippen LogP contribution in [0.15, 0.2) is 24.9 Å². The van der Waals surface area contributed by atoms with Crippen molar-refractivity contribution in [3.05, 3.63) is 30.7 Å². The van der Waals surface area contributed by atoms with Gasteiger partial charge in [-0.15, -0.1) is 0 Å². The number of carboxylic acid groups (broad SMARTS) is 1. The van der Waals surface area contributed by atoms with Crippen LogP contribution in [-0.4, -0.2) is 42.4 Å². The monoisotopic (exact) mass is 234 g/mol. The fraction of sp³-hybridized carbons (Fsp3) is 0.222. The highest BCUT2D eigenvalue weighted by Crippen LogP contribution is 2.01. The standard InChI is InChI=1S/C9H10N6O2/c16-9(17)8-12-2-1-7(14-8)11-3-4-15-6-10-5-13-15/h1-2,5-6H,3-4H2,(H,16,17)(H,11,12,14). The summed E-state index contributed by atoms with van der Waals surface area (Å²) in [5.41, 5.74) is 0. The zero-order valence-corrected chi connectivity index (χ0v) is 8.82. The molecule has 0 saturated heterocycles. The number of hydrogen-bond donors (Lipinski definition) is 2. The summed E-state index contributed by atoms with van der Waals surface area (Å²) in [6.07, 6.45) is 4.45. The number of carbonyl (C=O) groups is 1. The molecule has 0 radical (unpaired) electrons. The lowest BCUT2D eigenvalue weighted by atomic mass is 10.5. The van der Waals surface area contributed by atoms with Gasteiger partial charge in [0.05, 0.1) is 6.54 Å². The van der Waals surface area contributed by atoms with Gasteiger partial charge in [-0.1, -0.05) is 0 Å². The van der Waals surface area contributed by atoms with E-state index in [4.69, 9.17) is 5.11 Å².